The Morgan fingerprint density at radius 1 is 0.961 bits per heavy atom. The highest BCUT2D eigenvalue weighted by molar-refractivity contribution is 5.85. The van der Waals surface area contributed by atoms with E-state index in [-0.39, 0.29) is 0 Å². The summed E-state index contributed by atoms with van der Waals surface area (Å²) in [5.74, 6) is -0.248. The fraction of sp³-hybridized carbons (Fsp3) is 0.390. The first kappa shape index (κ1) is 34.6. The third-order valence-corrected chi connectivity index (χ3v) is 10.7. The number of anilines is 1. The van der Waals surface area contributed by atoms with Crippen LogP contribution < -0.4 is 5.32 Å². The van der Waals surface area contributed by atoms with Crippen LogP contribution in [-0.2, 0) is 26.4 Å². The number of hydrogen-bond acceptors (Lipinski definition) is 6. The third-order valence-electron chi connectivity index (χ3n) is 10.7. The summed E-state index contributed by atoms with van der Waals surface area (Å²) < 4.78 is 31.6. The normalized spacial score (nSPS) is 16.2. The number of hydrogen-bond donors (Lipinski definition) is 1. The van der Waals surface area contributed by atoms with Crippen LogP contribution in [0.4, 0.5) is 14.7 Å². The van der Waals surface area contributed by atoms with E-state index in [2.05, 4.69) is 75.3 Å². The number of nitrogens with one attached hydrogen (secondary N) is 1. The van der Waals surface area contributed by atoms with Gasteiger partial charge in [-0.25, -0.2) is 13.8 Å². The minimum atomic E-state index is -0.517. The average Bonchev–Trinajstić information content (AvgIpc) is 3.65. The van der Waals surface area contributed by atoms with Gasteiger partial charge in [0.2, 0.25) is 5.95 Å². The Balaban J connectivity index is 1.07. The second-order valence-corrected chi connectivity index (χ2v) is 14.2. The minimum absolute atomic E-state index is 0.361. The molecule has 0 aliphatic carbocycles. The number of nitrogens with zero attached hydrogens (tertiary/aromatic N) is 7. The molecule has 1 N–H and O–H groups in total. The van der Waals surface area contributed by atoms with Gasteiger partial charge in [0.1, 0.15) is 11.6 Å². The Bertz CT molecular complexity index is 2050. The van der Waals surface area contributed by atoms with E-state index in [1.165, 1.54) is 17.8 Å². The van der Waals surface area contributed by atoms with Crippen LogP contribution in [0.1, 0.15) is 66.6 Å². The van der Waals surface area contributed by atoms with Gasteiger partial charge in [-0.1, -0.05) is 32.1 Å². The molecular formula is C41H48F2N8. The Morgan fingerprint density at radius 3 is 2.51 bits per heavy atom. The van der Waals surface area contributed by atoms with Crippen LogP contribution in [0.2, 0.25) is 0 Å². The smallest absolute Gasteiger partial charge is 0.208 e. The van der Waals surface area contributed by atoms with Gasteiger partial charge in [0, 0.05) is 86.3 Å². The fourth-order valence-electron chi connectivity index (χ4n) is 7.70. The molecule has 5 aromatic rings. The molecule has 1 fully saturated rings. The quantitative estimate of drug-likeness (QED) is 0.194. The molecule has 2 aromatic carbocycles. The maximum Gasteiger partial charge on any atom is 0.208 e. The summed E-state index contributed by atoms with van der Waals surface area (Å²) in [5, 5.41) is 8.14. The van der Waals surface area contributed by atoms with Crippen molar-refractivity contribution in [1.82, 2.24) is 34.1 Å². The zero-order chi connectivity index (χ0) is 35.6. The van der Waals surface area contributed by atoms with Gasteiger partial charge >= 0.3 is 0 Å². The molecule has 0 unspecified atom stereocenters. The summed E-state index contributed by atoms with van der Waals surface area (Å²) in [7, 11) is 4.16. The lowest BCUT2D eigenvalue weighted by Gasteiger charge is -2.38. The van der Waals surface area contributed by atoms with Crippen LogP contribution in [-0.4, -0.2) is 66.8 Å². The summed E-state index contributed by atoms with van der Waals surface area (Å²) in [5.41, 5.74) is 10.7. The second-order valence-electron chi connectivity index (χ2n) is 14.2. The SMILES string of the molecule is C=C1Nc2nc3ccc(C(=C)N(C)C4CCN(CCc5cc(F)cc(F)c5)CC4)cc3n2CCCCCCc2c(cnn2C)-c2cc1cc(C)n2. The Hall–Kier alpha value is -4.83. The molecule has 1 saturated heterocycles. The van der Waals surface area contributed by atoms with Crippen molar-refractivity contribution in [3.05, 3.63) is 108 Å². The molecule has 10 heteroatoms. The number of aromatic nitrogens is 5. The first-order chi connectivity index (χ1) is 24.6. The third kappa shape index (κ3) is 7.61. The number of aryl methyl sites for hydroxylation is 3. The molecule has 3 aromatic heterocycles. The maximum atomic E-state index is 13.7. The van der Waals surface area contributed by atoms with Crippen molar-refractivity contribution in [2.75, 3.05) is 32.0 Å². The van der Waals surface area contributed by atoms with Gasteiger partial charge in [-0.15, -0.1) is 0 Å². The van der Waals surface area contributed by atoms with E-state index in [0.717, 1.165) is 134 Å². The molecule has 0 atom stereocenters. The van der Waals surface area contributed by atoms with Crippen LogP contribution in [0.3, 0.4) is 0 Å². The van der Waals surface area contributed by atoms with E-state index in [0.29, 0.717) is 18.0 Å². The number of benzene rings is 2. The van der Waals surface area contributed by atoms with Crippen LogP contribution in [0, 0.1) is 18.6 Å². The molecule has 7 rings (SSSR count). The summed E-state index contributed by atoms with van der Waals surface area (Å²) in [4.78, 5) is 14.6. The van der Waals surface area contributed by atoms with Crippen LogP contribution in [0.25, 0.3) is 33.7 Å². The minimum Gasteiger partial charge on any atom is -0.372 e. The highest BCUT2D eigenvalue weighted by Gasteiger charge is 2.24. The highest BCUT2D eigenvalue weighted by atomic mass is 19.1. The van der Waals surface area contributed by atoms with Gasteiger partial charge in [-0.05, 0) is 93.0 Å². The summed E-state index contributed by atoms with van der Waals surface area (Å²) in [6.45, 7) is 14.5. The summed E-state index contributed by atoms with van der Waals surface area (Å²) in [6, 6.07) is 14.8. The average molecular weight is 691 g/mol. The van der Waals surface area contributed by atoms with Crippen molar-refractivity contribution in [1.29, 1.82) is 0 Å². The van der Waals surface area contributed by atoms with E-state index in [1.54, 1.807) is 0 Å². The van der Waals surface area contributed by atoms with Crippen molar-refractivity contribution in [3.8, 4) is 11.3 Å². The fourth-order valence-corrected chi connectivity index (χ4v) is 7.70. The lowest BCUT2D eigenvalue weighted by atomic mass is 10.0. The van der Waals surface area contributed by atoms with Crippen molar-refractivity contribution in [2.45, 2.75) is 70.9 Å². The predicted octanol–water partition coefficient (Wildman–Crippen LogP) is 8.23. The lowest BCUT2D eigenvalue weighted by molar-refractivity contribution is 0.162. The summed E-state index contributed by atoms with van der Waals surface area (Å²) >= 11 is 0. The second kappa shape index (κ2) is 14.8. The van der Waals surface area contributed by atoms with E-state index in [9.17, 15) is 8.78 Å². The molecular weight excluding hydrogens is 643 g/mol. The van der Waals surface area contributed by atoms with Gasteiger partial charge in [0.25, 0.3) is 0 Å². The molecule has 0 spiro atoms. The van der Waals surface area contributed by atoms with Gasteiger partial charge in [-0.2, -0.15) is 5.10 Å². The van der Waals surface area contributed by atoms with Crippen molar-refractivity contribution in [2.24, 2.45) is 7.05 Å². The van der Waals surface area contributed by atoms with Crippen molar-refractivity contribution < 1.29 is 8.78 Å². The Labute approximate surface area is 299 Å². The first-order valence-electron chi connectivity index (χ1n) is 18.2. The van der Waals surface area contributed by atoms with Gasteiger partial charge in [0.05, 0.1) is 22.9 Å². The molecule has 266 valence electrons. The van der Waals surface area contributed by atoms with Gasteiger partial charge in [0.15, 0.2) is 0 Å². The lowest BCUT2D eigenvalue weighted by Crippen LogP contribution is -2.43. The van der Waals surface area contributed by atoms with E-state index < -0.39 is 11.6 Å². The van der Waals surface area contributed by atoms with E-state index in [4.69, 9.17) is 9.97 Å². The van der Waals surface area contributed by atoms with Crippen LogP contribution in [0.15, 0.2) is 67.9 Å². The van der Waals surface area contributed by atoms with Crippen LogP contribution in [0.5, 0.6) is 0 Å². The van der Waals surface area contributed by atoms with Crippen molar-refractivity contribution >= 4 is 28.4 Å². The first-order valence-corrected chi connectivity index (χ1v) is 18.2. The number of halogens is 2. The highest BCUT2D eigenvalue weighted by Crippen LogP contribution is 2.31. The van der Waals surface area contributed by atoms with Gasteiger partial charge < -0.3 is 19.7 Å². The Morgan fingerprint density at radius 2 is 1.73 bits per heavy atom. The van der Waals surface area contributed by atoms with E-state index in [1.807, 2.05) is 24.9 Å². The molecule has 5 heterocycles. The zero-order valence-electron chi connectivity index (χ0n) is 30.1. The number of imidazole rings is 1. The molecule has 51 heavy (non-hydrogen) atoms. The van der Waals surface area contributed by atoms with E-state index >= 15 is 0 Å². The monoisotopic (exact) mass is 690 g/mol. The molecule has 0 amide bonds. The summed E-state index contributed by atoms with van der Waals surface area (Å²) in [6.07, 6.45) is 9.91. The van der Waals surface area contributed by atoms with Crippen molar-refractivity contribution in [3.63, 3.8) is 0 Å². The standard InChI is InChI=1S/C41H48F2N8/c1-27-20-32-23-38(45-27)36-26-44-49(5)39(36)10-8-6-7-9-16-51-40-24-31(11-12-37(40)47-41(51)46-28(32)2)29(3)48(4)35-14-18-50(19-15-35)17-13-30-21-33(42)25-34(43)22-30/h11-12,20-26,35H,2-3,6-10,13-19H2,1,4-5H3,(H,46,47). The largest absolute Gasteiger partial charge is 0.372 e. The number of likely N-dealkylation sites (tertiary alicyclic amines) is 1. The molecule has 2 aliphatic heterocycles. The van der Waals surface area contributed by atoms with Gasteiger partial charge in [-0.3, -0.25) is 9.67 Å². The number of pyridine rings is 1. The molecule has 8 nitrogen and oxygen atoms in total. The Kier molecular flexibility index (Phi) is 10.0. The predicted molar refractivity (Wildman–Crippen MR) is 202 cm³/mol. The zero-order valence-corrected chi connectivity index (χ0v) is 30.1. The van der Waals surface area contributed by atoms with Crippen LogP contribution >= 0.6 is 0 Å². The topological polar surface area (TPSA) is 67.0 Å². The molecule has 2 aliphatic rings. The molecule has 2 bridgehead atoms. The molecule has 0 saturated carbocycles. The number of rotatable bonds is 6. The maximum absolute atomic E-state index is 13.7. The number of fused-ring (bicyclic) bond motifs is 7. The number of piperidine rings is 1. The molecule has 0 radical (unpaired) electrons.